The summed E-state index contributed by atoms with van der Waals surface area (Å²) in [6, 6.07) is 0. The van der Waals surface area contributed by atoms with Crippen molar-refractivity contribution in [3.05, 3.63) is 0 Å². The molecule has 1 N–H and O–H groups in total. The fraction of sp³-hybridized carbons (Fsp3) is 1.00. The van der Waals surface area contributed by atoms with E-state index in [0.29, 0.717) is 0 Å². The number of rotatable bonds is 6. The van der Waals surface area contributed by atoms with E-state index in [0.717, 1.165) is 19.5 Å². The zero-order chi connectivity index (χ0) is 8.69. The summed E-state index contributed by atoms with van der Waals surface area (Å²) in [6.07, 6.45) is 3.50. The first kappa shape index (κ1) is 10.9. The van der Waals surface area contributed by atoms with E-state index < -0.39 is 0 Å². The van der Waals surface area contributed by atoms with Crippen molar-refractivity contribution in [2.45, 2.75) is 19.3 Å². The second-order valence-electron chi connectivity index (χ2n) is 3.25. The summed E-state index contributed by atoms with van der Waals surface area (Å²) >= 11 is 0. The lowest BCUT2D eigenvalue weighted by Crippen LogP contribution is -2.15. The summed E-state index contributed by atoms with van der Waals surface area (Å²) < 4.78 is 0. The molecule has 0 aliphatic heterocycles. The quantitative estimate of drug-likeness (QED) is 0.464. The Labute approximate surface area is 69.6 Å². The molecule has 3 nitrogen and oxygen atoms in total. The molecule has 0 radical (unpaired) electrons. The average Bonchev–Trinajstić information content (AvgIpc) is 1.85. The lowest BCUT2D eigenvalue weighted by molar-refractivity contribution is -0.0656. The van der Waals surface area contributed by atoms with Gasteiger partial charge in [0.2, 0.25) is 0 Å². The van der Waals surface area contributed by atoms with E-state index in [4.69, 9.17) is 5.21 Å². The van der Waals surface area contributed by atoms with Crippen LogP contribution in [0.1, 0.15) is 19.3 Å². The van der Waals surface area contributed by atoms with Crippen molar-refractivity contribution in [3.63, 3.8) is 0 Å². The van der Waals surface area contributed by atoms with Crippen molar-refractivity contribution < 1.29 is 5.21 Å². The second kappa shape index (κ2) is 6.58. The molecule has 0 unspecified atom stereocenters. The van der Waals surface area contributed by atoms with Crippen molar-refractivity contribution >= 4 is 0 Å². The van der Waals surface area contributed by atoms with Gasteiger partial charge in [0.1, 0.15) is 0 Å². The highest BCUT2D eigenvalue weighted by Crippen LogP contribution is 1.96. The van der Waals surface area contributed by atoms with Gasteiger partial charge in [-0.1, -0.05) is 6.42 Å². The Morgan fingerprint density at radius 3 is 1.91 bits per heavy atom. The third-order valence-corrected chi connectivity index (χ3v) is 1.59. The van der Waals surface area contributed by atoms with Crippen molar-refractivity contribution in [2.75, 3.05) is 34.2 Å². The van der Waals surface area contributed by atoms with Crippen LogP contribution in [0, 0.1) is 0 Å². The Hall–Kier alpha value is -0.120. The molecule has 0 fully saturated rings. The van der Waals surface area contributed by atoms with Gasteiger partial charge in [-0.15, -0.1) is 0 Å². The highest BCUT2D eigenvalue weighted by Gasteiger charge is 1.93. The largest absolute Gasteiger partial charge is 0.314 e. The minimum atomic E-state index is 0.785. The van der Waals surface area contributed by atoms with E-state index in [1.165, 1.54) is 17.9 Å². The van der Waals surface area contributed by atoms with Crippen LogP contribution in [0.3, 0.4) is 0 Å². The van der Waals surface area contributed by atoms with Gasteiger partial charge in [0.25, 0.3) is 0 Å². The van der Waals surface area contributed by atoms with Gasteiger partial charge in [0.15, 0.2) is 0 Å². The third kappa shape index (κ3) is 9.88. The van der Waals surface area contributed by atoms with E-state index >= 15 is 0 Å². The molecule has 0 heterocycles. The standard InChI is InChI=1S/C8H20N2O/c1-9(2)7-5-4-6-8-10(3)11/h11H,4-8H2,1-3H3. The minimum absolute atomic E-state index is 0.785. The smallest absolute Gasteiger partial charge is 0.0235 e. The number of unbranched alkanes of at least 4 members (excludes halogenated alkanes) is 2. The minimum Gasteiger partial charge on any atom is -0.314 e. The van der Waals surface area contributed by atoms with Gasteiger partial charge in [-0.2, -0.15) is 5.06 Å². The van der Waals surface area contributed by atoms with Gasteiger partial charge in [-0.25, -0.2) is 0 Å². The van der Waals surface area contributed by atoms with E-state index in [1.807, 2.05) is 0 Å². The second-order valence-corrected chi connectivity index (χ2v) is 3.25. The molecule has 0 aromatic heterocycles. The summed E-state index contributed by atoms with van der Waals surface area (Å²) in [4.78, 5) is 2.18. The van der Waals surface area contributed by atoms with Crippen molar-refractivity contribution in [3.8, 4) is 0 Å². The summed E-state index contributed by atoms with van der Waals surface area (Å²) in [5.74, 6) is 0. The number of hydrogen-bond acceptors (Lipinski definition) is 3. The highest BCUT2D eigenvalue weighted by molar-refractivity contribution is 4.47. The highest BCUT2D eigenvalue weighted by atomic mass is 16.5. The normalized spacial score (nSPS) is 11.5. The van der Waals surface area contributed by atoms with Gasteiger partial charge >= 0.3 is 0 Å². The maximum absolute atomic E-state index is 8.78. The molecule has 0 saturated carbocycles. The maximum atomic E-state index is 8.78. The maximum Gasteiger partial charge on any atom is 0.0235 e. The van der Waals surface area contributed by atoms with Gasteiger partial charge < -0.3 is 10.1 Å². The molecule has 0 rings (SSSR count). The third-order valence-electron chi connectivity index (χ3n) is 1.59. The lowest BCUT2D eigenvalue weighted by Gasteiger charge is -2.10. The van der Waals surface area contributed by atoms with Crippen LogP contribution >= 0.6 is 0 Å². The molecule has 0 spiro atoms. The molecule has 0 saturated heterocycles. The predicted molar refractivity (Wildman–Crippen MR) is 46.8 cm³/mol. The monoisotopic (exact) mass is 160 g/mol. The summed E-state index contributed by atoms with van der Waals surface area (Å²) in [5.41, 5.74) is 0. The number of nitrogens with zero attached hydrogens (tertiary/aromatic N) is 2. The van der Waals surface area contributed by atoms with Crippen LogP contribution in [-0.2, 0) is 0 Å². The molecule has 0 aliphatic rings. The van der Waals surface area contributed by atoms with Crippen LogP contribution in [0.4, 0.5) is 0 Å². The van der Waals surface area contributed by atoms with Crippen LogP contribution in [0.5, 0.6) is 0 Å². The lowest BCUT2D eigenvalue weighted by atomic mass is 10.2. The van der Waals surface area contributed by atoms with Crippen molar-refractivity contribution in [1.82, 2.24) is 9.96 Å². The molecule has 0 atom stereocenters. The molecule has 3 heteroatoms. The summed E-state index contributed by atoms with van der Waals surface area (Å²) in [7, 11) is 5.85. The molecular weight excluding hydrogens is 140 g/mol. The molecule has 11 heavy (non-hydrogen) atoms. The van der Waals surface area contributed by atoms with Crippen LogP contribution in [0.2, 0.25) is 0 Å². The zero-order valence-corrected chi connectivity index (χ0v) is 7.88. The SMILES string of the molecule is CN(C)CCCCCN(C)O. The fourth-order valence-electron chi connectivity index (χ4n) is 0.945. The molecule has 0 aliphatic carbocycles. The average molecular weight is 160 g/mol. The van der Waals surface area contributed by atoms with Gasteiger partial charge in [0.05, 0.1) is 0 Å². The summed E-state index contributed by atoms with van der Waals surface area (Å²) in [5, 5.41) is 10.0. The first-order chi connectivity index (χ1) is 5.13. The van der Waals surface area contributed by atoms with Crippen LogP contribution in [0.25, 0.3) is 0 Å². The van der Waals surface area contributed by atoms with Crippen LogP contribution in [0.15, 0.2) is 0 Å². The topological polar surface area (TPSA) is 26.7 Å². The Morgan fingerprint density at radius 1 is 0.909 bits per heavy atom. The van der Waals surface area contributed by atoms with Crippen LogP contribution in [-0.4, -0.2) is 49.4 Å². The van der Waals surface area contributed by atoms with Crippen molar-refractivity contribution in [2.24, 2.45) is 0 Å². The Bertz CT molecular complexity index is 74.2. The predicted octanol–water partition coefficient (Wildman–Crippen LogP) is 1.04. The Morgan fingerprint density at radius 2 is 1.45 bits per heavy atom. The number of hydroxylamine groups is 2. The number of hydrogen-bond donors (Lipinski definition) is 1. The Kier molecular flexibility index (Phi) is 6.51. The summed E-state index contributed by atoms with van der Waals surface area (Å²) in [6.45, 7) is 1.93. The Balaban J connectivity index is 2.91. The molecule has 0 aromatic rings. The first-order valence-electron chi connectivity index (χ1n) is 4.17. The van der Waals surface area contributed by atoms with Gasteiger partial charge in [-0.05, 0) is 33.5 Å². The van der Waals surface area contributed by atoms with E-state index in [1.54, 1.807) is 7.05 Å². The first-order valence-corrected chi connectivity index (χ1v) is 4.17. The van der Waals surface area contributed by atoms with E-state index in [2.05, 4.69) is 19.0 Å². The molecule has 0 amide bonds. The van der Waals surface area contributed by atoms with Crippen LogP contribution < -0.4 is 0 Å². The molecular formula is C8H20N2O. The molecule has 0 bridgehead atoms. The van der Waals surface area contributed by atoms with Gasteiger partial charge in [0, 0.05) is 13.6 Å². The zero-order valence-electron chi connectivity index (χ0n) is 7.88. The molecule has 68 valence electrons. The molecule has 0 aromatic carbocycles. The van der Waals surface area contributed by atoms with Crippen molar-refractivity contribution in [1.29, 1.82) is 0 Å². The van der Waals surface area contributed by atoms with E-state index in [-0.39, 0.29) is 0 Å². The fourth-order valence-corrected chi connectivity index (χ4v) is 0.945. The van der Waals surface area contributed by atoms with E-state index in [9.17, 15) is 0 Å². The van der Waals surface area contributed by atoms with Gasteiger partial charge in [-0.3, -0.25) is 0 Å².